The van der Waals surface area contributed by atoms with E-state index in [0.29, 0.717) is 6.61 Å². The fourth-order valence-electron chi connectivity index (χ4n) is 1.68. The highest BCUT2D eigenvalue weighted by Crippen LogP contribution is 2.37. The molecular weight excluding hydrogens is 314 g/mol. The van der Waals surface area contributed by atoms with Gasteiger partial charge in [-0.2, -0.15) is 0 Å². The molecular formula is C16H29NOS2Si. The minimum Gasteiger partial charge on any atom is -0.415 e. The predicted molar refractivity (Wildman–Crippen MR) is 101 cm³/mol. The minimum absolute atomic E-state index is 0.128. The van der Waals surface area contributed by atoms with E-state index >= 15 is 0 Å². The molecule has 2 nitrogen and oxygen atoms in total. The first-order valence-electron chi connectivity index (χ1n) is 7.47. The summed E-state index contributed by atoms with van der Waals surface area (Å²) in [6.07, 6.45) is 0. The lowest BCUT2D eigenvalue weighted by atomic mass is 10.1. The summed E-state index contributed by atoms with van der Waals surface area (Å²) < 4.78 is 9.38. The molecule has 0 heterocycles. The van der Waals surface area contributed by atoms with Crippen LogP contribution in [-0.4, -0.2) is 20.7 Å². The number of thiol groups is 1. The minimum atomic E-state index is -1.72. The second-order valence-electron chi connectivity index (χ2n) is 6.76. The number of benzene rings is 1. The van der Waals surface area contributed by atoms with Gasteiger partial charge in [-0.15, -0.1) is 11.8 Å². The Morgan fingerprint density at radius 2 is 1.81 bits per heavy atom. The maximum atomic E-state index is 6.30. The summed E-state index contributed by atoms with van der Waals surface area (Å²) in [5.41, 5.74) is 1.23. The molecule has 0 bridgehead atoms. The van der Waals surface area contributed by atoms with Crippen LogP contribution < -0.4 is 4.72 Å². The molecule has 5 heteroatoms. The maximum Gasteiger partial charge on any atom is 0.192 e. The molecule has 120 valence electrons. The van der Waals surface area contributed by atoms with E-state index in [1.807, 2.05) is 11.8 Å². The van der Waals surface area contributed by atoms with E-state index in [9.17, 15) is 0 Å². The Labute approximate surface area is 141 Å². The lowest BCUT2D eigenvalue weighted by Crippen LogP contribution is -2.42. The molecule has 0 aromatic heterocycles. The lowest BCUT2D eigenvalue weighted by Gasteiger charge is -2.37. The molecule has 0 aliphatic rings. The van der Waals surface area contributed by atoms with E-state index in [1.165, 1.54) is 10.5 Å². The van der Waals surface area contributed by atoms with Crippen molar-refractivity contribution in [2.45, 2.75) is 56.8 Å². The third-order valence-corrected chi connectivity index (χ3v) is 9.87. The zero-order valence-corrected chi connectivity index (χ0v) is 16.8. The zero-order valence-electron chi connectivity index (χ0n) is 14.1. The smallest absolute Gasteiger partial charge is 0.192 e. The monoisotopic (exact) mass is 343 g/mol. The summed E-state index contributed by atoms with van der Waals surface area (Å²) >= 11 is 6.14. The molecule has 0 aliphatic heterocycles. The molecule has 1 N–H and O–H groups in total. The summed E-state index contributed by atoms with van der Waals surface area (Å²) in [6.45, 7) is 14.2. The standard InChI is InChI=1S/C16H29NOS2Si/c1-7-20-14-10-8-13(9-11-14)15(17-19)12-18-21(5,6)16(2,3)4/h8-11,15,17,19H,7,12H2,1-6H3/t15-/m0/s1. The number of thioether (sulfide) groups is 1. The molecule has 0 aliphatic carbocycles. The SMILES string of the molecule is CCSc1ccc([C@H](CO[Si](C)(C)C(C)(C)C)NS)cc1. The highest BCUT2D eigenvalue weighted by molar-refractivity contribution is 7.99. The first kappa shape index (κ1) is 19.1. The van der Waals surface area contributed by atoms with Crippen molar-refractivity contribution in [2.75, 3.05) is 12.4 Å². The second-order valence-corrected chi connectivity index (χ2v) is 13.2. The first-order chi connectivity index (χ1) is 9.71. The van der Waals surface area contributed by atoms with Crippen molar-refractivity contribution in [1.82, 2.24) is 4.72 Å². The normalized spacial score (nSPS) is 14.2. The molecule has 0 unspecified atom stereocenters. The Hall–Kier alpha value is 0.0569. The summed E-state index contributed by atoms with van der Waals surface area (Å²) in [7, 11) is -1.72. The third kappa shape index (κ3) is 5.64. The van der Waals surface area contributed by atoms with Gasteiger partial charge in [0.2, 0.25) is 0 Å². The Bertz CT molecular complexity index is 429. The van der Waals surface area contributed by atoms with Gasteiger partial charge in [0.25, 0.3) is 0 Å². The van der Waals surface area contributed by atoms with Crippen molar-refractivity contribution in [1.29, 1.82) is 0 Å². The topological polar surface area (TPSA) is 21.3 Å². The maximum absolute atomic E-state index is 6.30. The van der Waals surface area contributed by atoms with E-state index in [0.717, 1.165) is 5.75 Å². The van der Waals surface area contributed by atoms with Gasteiger partial charge in [-0.1, -0.05) is 52.6 Å². The van der Waals surface area contributed by atoms with Gasteiger partial charge in [0.15, 0.2) is 8.32 Å². The van der Waals surface area contributed by atoms with E-state index < -0.39 is 8.32 Å². The van der Waals surface area contributed by atoms with E-state index in [4.69, 9.17) is 4.43 Å². The van der Waals surface area contributed by atoms with Gasteiger partial charge >= 0.3 is 0 Å². The molecule has 1 aromatic carbocycles. The summed E-state index contributed by atoms with van der Waals surface area (Å²) in [5, 5.41) is 0.232. The molecule has 1 aromatic rings. The fourth-order valence-corrected chi connectivity index (χ4v) is 3.58. The van der Waals surface area contributed by atoms with Gasteiger partial charge in [0.05, 0.1) is 12.6 Å². The molecule has 21 heavy (non-hydrogen) atoms. The first-order valence-corrected chi connectivity index (χ1v) is 11.8. The van der Waals surface area contributed by atoms with Crippen LogP contribution in [0, 0.1) is 0 Å². The van der Waals surface area contributed by atoms with Gasteiger partial charge in [-0.3, -0.25) is 4.72 Å². The highest BCUT2D eigenvalue weighted by Gasteiger charge is 2.37. The van der Waals surface area contributed by atoms with Crippen LogP contribution in [0.4, 0.5) is 0 Å². The van der Waals surface area contributed by atoms with Crippen LogP contribution in [0.1, 0.15) is 39.3 Å². The average molecular weight is 344 g/mol. The van der Waals surface area contributed by atoms with Crippen LogP contribution in [-0.2, 0) is 4.43 Å². The molecule has 0 spiro atoms. The van der Waals surface area contributed by atoms with Crippen LogP contribution in [0.2, 0.25) is 18.1 Å². The fraction of sp³-hybridized carbons (Fsp3) is 0.625. The van der Waals surface area contributed by atoms with Crippen molar-refractivity contribution in [3.63, 3.8) is 0 Å². The number of nitrogens with one attached hydrogen (secondary N) is 1. The average Bonchev–Trinajstić information content (AvgIpc) is 2.40. The predicted octanol–water partition coefficient (Wildman–Crippen LogP) is 5.30. The number of rotatable bonds is 7. The second kappa shape index (κ2) is 8.06. The lowest BCUT2D eigenvalue weighted by molar-refractivity contribution is 0.259. The van der Waals surface area contributed by atoms with Crippen LogP contribution in [0.3, 0.4) is 0 Å². The van der Waals surface area contributed by atoms with Crippen LogP contribution in [0.5, 0.6) is 0 Å². The largest absolute Gasteiger partial charge is 0.415 e. The van der Waals surface area contributed by atoms with Crippen molar-refractivity contribution < 1.29 is 4.43 Å². The number of hydrogen-bond acceptors (Lipinski definition) is 4. The molecule has 0 amide bonds. The molecule has 0 saturated heterocycles. The Kier molecular flexibility index (Phi) is 7.33. The Morgan fingerprint density at radius 3 is 2.24 bits per heavy atom. The van der Waals surface area contributed by atoms with Crippen molar-refractivity contribution in [3.05, 3.63) is 29.8 Å². The van der Waals surface area contributed by atoms with Crippen LogP contribution in [0.25, 0.3) is 0 Å². The van der Waals surface area contributed by atoms with E-state index in [1.54, 1.807) is 0 Å². The van der Waals surface area contributed by atoms with Gasteiger partial charge in [0, 0.05) is 4.90 Å². The van der Waals surface area contributed by atoms with Crippen LogP contribution in [0.15, 0.2) is 29.2 Å². The third-order valence-electron chi connectivity index (χ3n) is 4.17. The van der Waals surface area contributed by atoms with Gasteiger partial charge in [-0.05, 0) is 41.6 Å². The van der Waals surface area contributed by atoms with E-state index in [2.05, 4.69) is 82.6 Å². The quantitative estimate of drug-likeness (QED) is 0.399. The number of hydrogen-bond donors (Lipinski definition) is 2. The van der Waals surface area contributed by atoms with E-state index in [-0.39, 0.29) is 11.1 Å². The van der Waals surface area contributed by atoms with Gasteiger partial charge in [-0.25, -0.2) is 0 Å². The van der Waals surface area contributed by atoms with Crippen LogP contribution >= 0.6 is 24.6 Å². The van der Waals surface area contributed by atoms with Gasteiger partial charge in [0.1, 0.15) is 0 Å². The Morgan fingerprint density at radius 1 is 1.24 bits per heavy atom. The summed E-state index contributed by atoms with van der Waals surface area (Å²) in [5.74, 6) is 1.10. The molecule has 1 rings (SSSR count). The zero-order chi connectivity index (χ0) is 16.1. The highest BCUT2D eigenvalue weighted by atomic mass is 32.2. The van der Waals surface area contributed by atoms with Crippen molar-refractivity contribution in [2.24, 2.45) is 0 Å². The summed E-state index contributed by atoms with van der Waals surface area (Å²) in [6, 6.07) is 8.81. The molecule has 0 fully saturated rings. The molecule has 1 atom stereocenters. The molecule has 0 radical (unpaired) electrons. The van der Waals surface area contributed by atoms with Crippen molar-refractivity contribution in [3.8, 4) is 0 Å². The Balaban J connectivity index is 2.71. The molecule has 0 saturated carbocycles. The van der Waals surface area contributed by atoms with Crippen molar-refractivity contribution >= 4 is 32.9 Å². The van der Waals surface area contributed by atoms with Gasteiger partial charge < -0.3 is 4.43 Å². The summed E-state index contributed by atoms with van der Waals surface area (Å²) in [4.78, 5) is 1.31.